The quantitative estimate of drug-likeness (QED) is 0.770. The molecule has 1 aromatic carbocycles. The van der Waals surface area contributed by atoms with Crippen LogP contribution >= 0.6 is 23.1 Å². The zero-order chi connectivity index (χ0) is 13.8. The van der Waals surface area contributed by atoms with Gasteiger partial charge in [-0.25, -0.2) is 9.97 Å². The molecule has 0 bridgehead atoms. The molecule has 0 amide bonds. The summed E-state index contributed by atoms with van der Waals surface area (Å²) >= 11 is 3.23. The van der Waals surface area contributed by atoms with Crippen molar-refractivity contribution in [2.45, 2.75) is 22.7 Å². The molecule has 20 heavy (non-hydrogen) atoms. The highest BCUT2D eigenvalue weighted by Gasteiger charge is 2.07. The van der Waals surface area contributed by atoms with Gasteiger partial charge in [-0.2, -0.15) is 0 Å². The van der Waals surface area contributed by atoms with Crippen molar-refractivity contribution in [1.82, 2.24) is 15.0 Å². The number of thiazole rings is 1. The lowest BCUT2D eigenvalue weighted by Crippen LogP contribution is -2.02. The Morgan fingerprint density at radius 2 is 2.10 bits per heavy atom. The summed E-state index contributed by atoms with van der Waals surface area (Å²) in [5, 5.41) is 4.11. The predicted molar refractivity (Wildman–Crippen MR) is 84.6 cm³/mol. The smallest absolute Gasteiger partial charge is 0.157 e. The minimum absolute atomic E-state index is 0.818. The van der Waals surface area contributed by atoms with E-state index >= 15 is 0 Å². The van der Waals surface area contributed by atoms with E-state index in [9.17, 15) is 0 Å². The fourth-order valence-electron chi connectivity index (χ4n) is 1.72. The molecular formula is C14H14N4S2. The molecule has 3 rings (SSSR count). The molecule has 4 nitrogen and oxygen atoms in total. The van der Waals surface area contributed by atoms with Crippen LogP contribution in [0.15, 0.2) is 46.0 Å². The summed E-state index contributed by atoms with van der Waals surface area (Å²) in [4.78, 5) is 13.3. The first kappa shape index (κ1) is 13.3. The van der Waals surface area contributed by atoms with Crippen molar-refractivity contribution in [3.8, 4) is 0 Å². The number of rotatable bonds is 5. The zero-order valence-corrected chi connectivity index (χ0v) is 12.7. The summed E-state index contributed by atoms with van der Waals surface area (Å²) < 4.78 is 2.19. The van der Waals surface area contributed by atoms with Crippen LogP contribution in [0.2, 0.25) is 0 Å². The first-order valence-corrected chi connectivity index (χ1v) is 8.08. The molecule has 0 radical (unpaired) electrons. The Balaban J connectivity index is 1.79. The summed E-state index contributed by atoms with van der Waals surface area (Å²) in [5.41, 5.74) is 1.04. The Bertz CT molecular complexity index is 678. The van der Waals surface area contributed by atoms with Crippen LogP contribution in [0, 0.1) is 0 Å². The first-order chi connectivity index (χ1) is 9.85. The molecule has 0 fully saturated rings. The maximum atomic E-state index is 4.59. The van der Waals surface area contributed by atoms with E-state index in [0.717, 1.165) is 33.7 Å². The Morgan fingerprint density at radius 3 is 2.95 bits per heavy atom. The second-order valence-electron chi connectivity index (χ2n) is 4.22. The van der Waals surface area contributed by atoms with Crippen LogP contribution in [0.25, 0.3) is 10.2 Å². The van der Waals surface area contributed by atoms with Gasteiger partial charge >= 0.3 is 0 Å². The Hall–Kier alpha value is -1.66. The van der Waals surface area contributed by atoms with E-state index in [0.29, 0.717) is 0 Å². The highest BCUT2D eigenvalue weighted by molar-refractivity contribution is 8.01. The molecule has 102 valence electrons. The summed E-state index contributed by atoms with van der Waals surface area (Å²) in [7, 11) is 0. The van der Waals surface area contributed by atoms with E-state index in [1.807, 2.05) is 18.2 Å². The van der Waals surface area contributed by atoms with Crippen molar-refractivity contribution < 1.29 is 0 Å². The second kappa shape index (κ2) is 6.19. The van der Waals surface area contributed by atoms with Gasteiger partial charge in [0.1, 0.15) is 10.8 Å². The Kier molecular flexibility index (Phi) is 4.13. The van der Waals surface area contributed by atoms with E-state index < -0.39 is 0 Å². The van der Waals surface area contributed by atoms with E-state index in [1.165, 1.54) is 4.70 Å². The molecule has 0 saturated carbocycles. The number of hydrogen-bond acceptors (Lipinski definition) is 6. The third-order valence-electron chi connectivity index (χ3n) is 2.63. The number of benzene rings is 1. The summed E-state index contributed by atoms with van der Waals surface area (Å²) in [6.07, 6.45) is 4.59. The van der Waals surface area contributed by atoms with Crippen molar-refractivity contribution in [1.29, 1.82) is 0 Å². The normalized spacial score (nSPS) is 10.8. The lowest BCUT2D eigenvalue weighted by Gasteiger charge is -2.03. The maximum absolute atomic E-state index is 4.59. The van der Waals surface area contributed by atoms with Gasteiger partial charge in [0.15, 0.2) is 4.34 Å². The Morgan fingerprint density at radius 1 is 1.20 bits per heavy atom. The van der Waals surface area contributed by atoms with Gasteiger partial charge < -0.3 is 5.32 Å². The standard InChI is InChI=1S/C14H14N4S2/c1-2-7-16-12-8-15-9-13(18-12)20-14-17-10-5-3-4-6-11(10)19-14/h3-6,8-9H,2,7H2,1H3,(H,16,18). The largest absolute Gasteiger partial charge is 0.369 e. The first-order valence-electron chi connectivity index (χ1n) is 6.44. The predicted octanol–water partition coefficient (Wildman–Crippen LogP) is 4.06. The molecule has 0 aliphatic carbocycles. The van der Waals surface area contributed by atoms with Gasteiger partial charge in [-0.3, -0.25) is 4.98 Å². The molecule has 6 heteroatoms. The third-order valence-corrected chi connectivity index (χ3v) is 4.64. The average Bonchev–Trinajstić information content (AvgIpc) is 2.87. The molecule has 1 N–H and O–H groups in total. The van der Waals surface area contributed by atoms with Crippen LogP contribution < -0.4 is 5.32 Å². The number of hydrogen-bond donors (Lipinski definition) is 1. The van der Waals surface area contributed by atoms with E-state index in [-0.39, 0.29) is 0 Å². The van der Waals surface area contributed by atoms with Crippen molar-refractivity contribution in [2.75, 3.05) is 11.9 Å². The van der Waals surface area contributed by atoms with Gasteiger partial charge in [0.2, 0.25) is 0 Å². The minimum atomic E-state index is 0.818. The molecule has 0 saturated heterocycles. The number of nitrogens with one attached hydrogen (secondary N) is 1. The van der Waals surface area contributed by atoms with Crippen LogP contribution in [0.3, 0.4) is 0 Å². The summed E-state index contributed by atoms with van der Waals surface area (Å²) in [6.45, 7) is 3.03. The van der Waals surface area contributed by atoms with Gasteiger partial charge in [0.05, 0.1) is 22.6 Å². The number of anilines is 1. The number of aromatic nitrogens is 3. The number of para-hydroxylation sites is 1. The van der Waals surface area contributed by atoms with Gasteiger partial charge in [-0.1, -0.05) is 19.1 Å². The topological polar surface area (TPSA) is 50.7 Å². The van der Waals surface area contributed by atoms with Gasteiger partial charge in [-0.15, -0.1) is 11.3 Å². The summed E-state index contributed by atoms with van der Waals surface area (Å²) in [5.74, 6) is 0.818. The molecule has 0 atom stereocenters. The SMILES string of the molecule is CCCNc1cncc(Sc2nc3ccccc3s2)n1. The molecule has 0 spiro atoms. The van der Waals surface area contributed by atoms with Crippen molar-refractivity contribution in [2.24, 2.45) is 0 Å². The van der Waals surface area contributed by atoms with E-state index in [4.69, 9.17) is 0 Å². The highest BCUT2D eigenvalue weighted by Crippen LogP contribution is 2.33. The van der Waals surface area contributed by atoms with Crippen LogP contribution in [-0.4, -0.2) is 21.5 Å². The highest BCUT2D eigenvalue weighted by atomic mass is 32.2. The molecule has 2 aromatic heterocycles. The molecule has 2 heterocycles. The monoisotopic (exact) mass is 302 g/mol. The fourth-order valence-corrected chi connectivity index (χ4v) is 3.69. The Labute approximate surface area is 125 Å². The second-order valence-corrected chi connectivity index (χ2v) is 6.52. The fraction of sp³-hybridized carbons (Fsp3) is 0.214. The van der Waals surface area contributed by atoms with Gasteiger partial charge in [0.25, 0.3) is 0 Å². The van der Waals surface area contributed by atoms with Crippen LogP contribution in [-0.2, 0) is 0 Å². The molecule has 0 unspecified atom stereocenters. The summed E-state index contributed by atoms with van der Waals surface area (Å²) in [6, 6.07) is 8.15. The maximum Gasteiger partial charge on any atom is 0.157 e. The zero-order valence-electron chi connectivity index (χ0n) is 11.0. The van der Waals surface area contributed by atoms with Crippen molar-refractivity contribution in [3.63, 3.8) is 0 Å². The molecule has 0 aliphatic rings. The van der Waals surface area contributed by atoms with Crippen LogP contribution in [0.1, 0.15) is 13.3 Å². The molecular weight excluding hydrogens is 288 g/mol. The minimum Gasteiger partial charge on any atom is -0.369 e. The third kappa shape index (κ3) is 3.08. The lowest BCUT2D eigenvalue weighted by atomic mass is 10.3. The van der Waals surface area contributed by atoms with E-state index in [2.05, 4.69) is 33.3 Å². The molecule has 3 aromatic rings. The van der Waals surface area contributed by atoms with Gasteiger partial charge in [-0.05, 0) is 30.3 Å². The number of fused-ring (bicyclic) bond motifs is 1. The van der Waals surface area contributed by atoms with Gasteiger partial charge in [0, 0.05) is 6.54 Å². The van der Waals surface area contributed by atoms with Crippen LogP contribution in [0.4, 0.5) is 5.82 Å². The average molecular weight is 302 g/mol. The van der Waals surface area contributed by atoms with Crippen molar-refractivity contribution in [3.05, 3.63) is 36.7 Å². The van der Waals surface area contributed by atoms with Crippen molar-refractivity contribution >= 4 is 39.1 Å². The molecule has 0 aliphatic heterocycles. The van der Waals surface area contributed by atoms with Crippen LogP contribution in [0.5, 0.6) is 0 Å². The number of nitrogens with zero attached hydrogens (tertiary/aromatic N) is 3. The lowest BCUT2D eigenvalue weighted by molar-refractivity contribution is 0.948. The van der Waals surface area contributed by atoms with E-state index in [1.54, 1.807) is 35.5 Å².